The number of nitro benzene ring substituents is 2. The Morgan fingerprint density at radius 3 is 1.84 bits per heavy atom. The molecule has 0 aromatic heterocycles. The summed E-state index contributed by atoms with van der Waals surface area (Å²) in [6, 6.07) is 9.22. The number of hydrogen-bond acceptors (Lipinski definition) is 10. The number of benzene rings is 2. The second-order valence-corrected chi connectivity index (χ2v) is 9.55. The van der Waals surface area contributed by atoms with Gasteiger partial charge in [0.05, 0.1) is 21.1 Å². The predicted molar refractivity (Wildman–Crippen MR) is 135 cm³/mol. The molecule has 0 aliphatic carbocycles. The average molecular weight is 549 g/mol. The molecule has 14 nitrogen and oxygen atoms in total. The molecule has 2 aromatic rings. The van der Waals surface area contributed by atoms with Crippen LogP contribution >= 0.6 is 12.6 Å². The lowest BCUT2D eigenvalue weighted by Crippen LogP contribution is -2.62. The summed E-state index contributed by atoms with van der Waals surface area (Å²) in [6.07, 6.45) is -1.35. The summed E-state index contributed by atoms with van der Waals surface area (Å²) in [5.74, 6) is 0. The molecule has 0 bridgehead atoms. The van der Waals surface area contributed by atoms with Crippen molar-refractivity contribution in [1.82, 2.24) is 4.90 Å². The minimum Gasteiger partial charge on any atom is -0.444 e. The highest BCUT2D eigenvalue weighted by atomic mass is 32.1. The number of non-ortho nitro benzene ring substituents is 2. The highest BCUT2D eigenvalue weighted by Gasteiger charge is 2.53. The molecule has 1 saturated heterocycles. The molecule has 1 unspecified atom stereocenters. The van der Waals surface area contributed by atoms with Crippen molar-refractivity contribution in [2.24, 2.45) is 5.73 Å². The van der Waals surface area contributed by atoms with Crippen LogP contribution in [0.3, 0.4) is 0 Å². The fourth-order valence-corrected chi connectivity index (χ4v) is 4.73. The first-order chi connectivity index (χ1) is 17.9. The van der Waals surface area contributed by atoms with E-state index in [1.807, 2.05) is 0 Å². The Morgan fingerprint density at radius 2 is 1.45 bits per heavy atom. The minimum absolute atomic E-state index is 0.112. The first-order valence-corrected chi connectivity index (χ1v) is 11.9. The lowest BCUT2D eigenvalue weighted by Gasteiger charge is -2.36. The SMILES string of the molecule is C[C@H]1C[C@H](S)C[N+]1(CN(C(N)=O)C(=O)OCc1ccc([N+](=O)[O-])cc1)C(=O)OCc1ccc([N+](=O)[O-])cc1. The second kappa shape index (κ2) is 11.9. The van der Waals surface area contributed by atoms with E-state index in [4.69, 9.17) is 15.2 Å². The zero-order valence-corrected chi connectivity index (χ0v) is 21.2. The summed E-state index contributed by atoms with van der Waals surface area (Å²) in [5.41, 5.74) is 6.15. The average Bonchev–Trinajstić information content (AvgIpc) is 3.17. The van der Waals surface area contributed by atoms with Crippen LogP contribution in [0.15, 0.2) is 48.5 Å². The molecule has 1 fully saturated rings. The molecule has 1 aliphatic rings. The third kappa shape index (κ3) is 6.54. The van der Waals surface area contributed by atoms with Crippen LogP contribution in [0.1, 0.15) is 24.5 Å². The van der Waals surface area contributed by atoms with Crippen LogP contribution < -0.4 is 5.73 Å². The number of quaternary nitrogens is 1. The molecule has 202 valence electrons. The summed E-state index contributed by atoms with van der Waals surface area (Å²) in [5, 5.41) is 21.4. The number of amides is 4. The number of carbonyl (C=O) groups is 3. The Hall–Kier alpha value is -4.24. The van der Waals surface area contributed by atoms with E-state index >= 15 is 0 Å². The molecule has 0 radical (unpaired) electrons. The van der Waals surface area contributed by atoms with E-state index in [-0.39, 0.29) is 36.4 Å². The van der Waals surface area contributed by atoms with Gasteiger partial charge >= 0.3 is 18.2 Å². The smallest absolute Gasteiger partial charge is 0.444 e. The number of hydrogen-bond donors (Lipinski definition) is 2. The second-order valence-electron chi connectivity index (χ2n) is 8.82. The Balaban J connectivity index is 1.73. The van der Waals surface area contributed by atoms with E-state index in [1.54, 1.807) is 6.92 Å². The number of urea groups is 1. The third-order valence-electron chi connectivity index (χ3n) is 6.26. The van der Waals surface area contributed by atoms with Gasteiger partial charge in [0.2, 0.25) is 0 Å². The molecule has 1 heterocycles. The van der Waals surface area contributed by atoms with Gasteiger partial charge in [-0.25, -0.2) is 14.1 Å². The van der Waals surface area contributed by atoms with E-state index in [1.165, 1.54) is 48.5 Å². The molecular formula is C23H26N5O9S+. The molecule has 38 heavy (non-hydrogen) atoms. The van der Waals surface area contributed by atoms with Gasteiger partial charge in [0, 0.05) is 30.7 Å². The van der Waals surface area contributed by atoms with Crippen molar-refractivity contribution < 1.29 is 38.2 Å². The van der Waals surface area contributed by atoms with Gasteiger partial charge in [0.1, 0.15) is 19.8 Å². The van der Waals surface area contributed by atoms with Crippen molar-refractivity contribution in [3.05, 3.63) is 79.9 Å². The lowest BCUT2D eigenvalue weighted by atomic mass is 10.2. The lowest BCUT2D eigenvalue weighted by molar-refractivity contribution is -0.875. The van der Waals surface area contributed by atoms with Gasteiger partial charge in [-0.05, 0) is 42.3 Å². The van der Waals surface area contributed by atoms with Crippen molar-refractivity contribution in [3.8, 4) is 0 Å². The molecule has 0 saturated carbocycles. The Bertz CT molecular complexity index is 1220. The zero-order valence-electron chi connectivity index (χ0n) is 20.3. The maximum atomic E-state index is 13.3. The topological polar surface area (TPSA) is 185 Å². The Labute approximate surface area is 222 Å². The first-order valence-electron chi connectivity index (χ1n) is 11.4. The van der Waals surface area contributed by atoms with Gasteiger partial charge in [0.25, 0.3) is 11.4 Å². The minimum atomic E-state index is -1.14. The number of nitrogens with two attached hydrogens (primary N) is 1. The number of nitrogens with zero attached hydrogens (tertiary/aromatic N) is 4. The molecule has 0 spiro atoms. The summed E-state index contributed by atoms with van der Waals surface area (Å²) in [4.78, 5) is 59.5. The van der Waals surface area contributed by atoms with Crippen LogP contribution in [0.4, 0.5) is 25.8 Å². The number of thiol groups is 1. The molecule has 2 N–H and O–H groups in total. The molecule has 4 amide bonds. The zero-order chi connectivity index (χ0) is 28.0. The molecule has 2 aromatic carbocycles. The molecule has 1 aliphatic heterocycles. The van der Waals surface area contributed by atoms with Crippen molar-refractivity contribution >= 4 is 42.2 Å². The predicted octanol–water partition coefficient (Wildman–Crippen LogP) is 3.72. The molecule has 3 rings (SSSR count). The van der Waals surface area contributed by atoms with Crippen LogP contribution in [0.25, 0.3) is 0 Å². The summed E-state index contributed by atoms with van der Waals surface area (Å²) in [7, 11) is 0. The number of likely N-dealkylation sites (tertiary alicyclic amines) is 1. The first kappa shape index (κ1) is 28.3. The maximum absolute atomic E-state index is 13.3. The van der Waals surface area contributed by atoms with Crippen LogP contribution in [0, 0.1) is 20.2 Å². The summed E-state index contributed by atoms with van der Waals surface area (Å²) in [6.45, 7) is 0.942. The maximum Gasteiger partial charge on any atom is 0.518 e. The van der Waals surface area contributed by atoms with Crippen molar-refractivity contribution in [2.45, 2.75) is 37.9 Å². The van der Waals surface area contributed by atoms with Crippen molar-refractivity contribution in [1.29, 1.82) is 0 Å². The number of rotatable bonds is 8. The summed E-state index contributed by atoms with van der Waals surface area (Å²) >= 11 is 4.48. The van der Waals surface area contributed by atoms with Crippen LogP contribution in [0.5, 0.6) is 0 Å². The number of ether oxygens (including phenoxy) is 2. The fourth-order valence-electron chi connectivity index (χ4n) is 4.13. The van der Waals surface area contributed by atoms with Gasteiger partial charge in [-0.1, -0.05) is 0 Å². The molecule has 3 atom stereocenters. The standard InChI is InChI=1S/C23H25N5O9S/c1-15-10-20(38)11-28(15,23(31)37-13-17-4-8-19(9-5-17)27(34)35)14-25(21(24)29)22(30)36-12-16-2-6-18(7-3-16)26(32)33/h2-9,15,20H,10-14H2,1H3,(H2-,24,29,38)/p+1/t15-,20-,28?/m0/s1. The van der Waals surface area contributed by atoms with Gasteiger partial charge in [-0.15, -0.1) is 0 Å². The quantitative estimate of drug-likeness (QED) is 0.215. The number of imide groups is 1. The highest BCUT2D eigenvalue weighted by Crippen LogP contribution is 2.32. The molecule has 15 heteroatoms. The van der Waals surface area contributed by atoms with Crippen molar-refractivity contribution in [3.63, 3.8) is 0 Å². The van der Waals surface area contributed by atoms with Gasteiger partial charge in [-0.2, -0.15) is 22.3 Å². The van der Waals surface area contributed by atoms with E-state index in [2.05, 4.69) is 12.6 Å². The summed E-state index contributed by atoms with van der Waals surface area (Å²) < 4.78 is 10.2. The number of carbonyl (C=O) groups excluding carboxylic acids is 3. The van der Waals surface area contributed by atoms with E-state index in [0.29, 0.717) is 22.4 Å². The van der Waals surface area contributed by atoms with Gasteiger partial charge in [-0.3, -0.25) is 20.2 Å². The Kier molecular flexibility index (Phi) is 8.85. The van der Waals surface area contributed by atoms with E-state index in [9.17, 15) is 34.6 Å². The number of nitro groups is 2. The van der Waals surface area contributed by atoms with Gasteiger partial charge in [0.15, 0.2) is 6.67 Å². The fraction of sp³-hybridized carbons (Fsp3) is 0.348. The van der Waals surface area contributed by atoms with Crippen molar-refractivity contribution in [2.75, 3.05) is 13.2 Å². The third-order valence-corrected chi connectivity index (χ3v) is 6.63. The van der Waals surface area contributed by atoms with Gasteiger partial charge < -0.3 is 15.2 Å². The largest absolute Gasteiger partial charge is 0.518 e. The van der Waals surface area contributed by atoms with Crippen LogP contribution in [0.2, 0.25) is 0 Å². The monoisotopic (exact) mass is 548 g/mol. The van der Waals surface area contributed by atoms with E-state index in [0.717, 1.165) is 0 Å². The highest BCUT2D eigenvalue weighted by molar-refractivity contribution is 7.81. The number of primary amides is 1. The van der Waals surface area contributed by atoms with Crippen LogP contribution in [-0.2, 0) is 22.7 Å². The Morgan fingerprint density at radius 1 is 0.974 bits per heavy atom. The molecular weight excluding hydrogens is 522 g/mol. The van der Waals surface area contributed by atoms with E-state index < -0.39 is 45.3 Å². The normalized spacial score (nSPS) is 20.4. The van der Waals surface area contributed by atoms with Crippen LogP contribution in [-0.4, -0.2) is 62.0 Å².